The molecule has 1 aromatic carbocycles. The molecule has 1 aromatic rings. The molecule has 0 saturated heterocycles. The van der Waals surface area contributed by atoms with Crippen LogP contribution in [0.2, 0.25) is 0 Å². The Morgan fingerprint density at radius 3 is 2.57 bits per heavy atom. The number of amides is 1. The highest BCUT2D eigenvalue weighted by Gasteiger charge is 2.31. The Hall–Kier alpha value is -1.75. The van der Waals surface area contributed by atoms with Crippen LogP contribution in [0.3, 0.4) is 0 Å². The highest BCUT2D eigenvalue weighted by molar-refractivity contribution is 5.84. The first-order valence-electron chi connectivity index (χ1n) is 7.22. The van der Waals surface area contributed by atoms with Gasteiger partial charge in [-0.25, -0.2) is 0 Å². The zero-order valence-electron chi connectivity index (χ0n) is 13.6. The van der Waals surface area contributed by atoms with Crippen molar-refractivity contribution in [2.75, 3.05) is 25.6 Å². The van der Waals surface area contributed by atoms with Gasteiger partial charge in [-0.1, -0.05) is 12.1 Å². The summed E-state index contributed by atoms with van der Waals surface area (Å²) >= 11 is 0. The third kappa shape index (κ3) is 4.63. The Morgan fingerprint density at radius 1 is 1.43 bits per heavy atom. The minimum atomic E-state index is -0.718. The number of hydrogen-bond acceptors (Lipinski definition) is 4. The van der Waals surface area contributed by atoms with Gasteiger partial charge in [0.15, 0.2) is 0 Å². The average Bonchev–Trinajstić information content (AvgIpc) is 2.43. The van der Waals surface area contributed by atoms with E-state index in [4.69, 9.17) is 10.5 Å². The van der Waals surface area contributed by atoms with E-state index >= 15 is 0 Å². The number of benzene rings is 1. The Labute approximate surface area is 127 Å². The van der Waals surface area contributed by atoms with Crippen LogP contribution in [0.15, 0.2) is 24.3 Å². The van der Waals surface area contributed by atoms with Crippen LogP contribution in [0.4, 0.5) is 5.69 Å². The molecule has 1 rings (SSSR count). The maximum Gasteiger partial charge on any atom is 0.237 e. The standard InChI is InChI=1S/C16H27N3O2/c1-12(2)18-16(3,15(17)20)10-11-19(4)13-8-6-7-9-14(13)21-5/h6-9,12,18H,10-11H2,1-5H3,(H2,17,20). The lowest BCUT2D eigenvalue weighted by molar-refractivity contribution is -0.124. The lowest BCUT2D eigenvalue weighted by atomic mass is 9.95. The van der Waals surface area contributed by atoms with E-state index in [9.17, 15) is 4.79 Å². The summed E-state index contributed by atoms with van der Waals surface area (Å²) < 4.78 is 5.36. The van der Waals surface area contributed by atoms with Gasteiger partial charge in [0.1, 0.15) is 5.75 Å². The maximum atomic E-state index is 11.7. The molecule has 21 heavy (non-hydrogen) atoms. The number of rotatable bonds is 8. The number of primary amides is 1. The molecular formula is C16H27N3O2. The van der Waals surface area contributed by atoms with Gasteiger partial charge in [-0.3, -0.25) is 4.79 Å². The molecule has 5 nitrogen and oxygen atoms in total. The van der Waals surface area contributed by atoms with Gasteiger partial charge < -0.3 is 20.7 Å². The van der Waals surface area contributed by atoms with Crippen LogP contribution in [-0.4, -0.2) is 38.2 Å². The molecule has 0 aliphatic rings. The fourth-order valence-electron chi connectivity index (χ4n) is 2.36. The van der Waals surface area contributed by atoms with Crippen LogP contribution >= 0.6 is 0 Å². The Kier molecular flexibility index (Phi) is 6.03. The summed E-state index contributed by atoms with van der Waals surface area (Å²) in [5.74, 6) is 0.488. The van der Waals surface area contributed by atoms with E-state index in [1.54, 1.807) is 7.11 Å². The monoisotopic (exact) mass is 293 g/mol. The van der Waals surface area contributed by atoms with Gasteiger partial charge in [0.2, 0.25) is 5.91 Å². The molecule has 0 saturated carbocycles. The lowest BCUT2D eigenvalue weighted by Crippen LogP contribution is -2.56. The molecule has 0 spiro atoms. The molecule has 5 heteroatoms. The second-order valence-corrected chi connectivity index (χ2v) is 5.84. The second kappa shape index (κ2) is 7.31. The van der Waals surface area contributed by atoms with Crippen molar-refractivity contribution >= 4 is 11.6 Å². The molecule has 0 aliphatic heterocycles. The van der Waals surface area contributed by atoms with Crippen LogP contribution < -0.4 is 20.7 Å². The number of nitrogens with zero attached hydrogens (tertiary/aromatic N) is 1. The van der Waals surface area contributed by atoms with Gasteiger partial charge in [-0.2, -0.15) is 0 Å². The average molecular weight is 293 g/mol. The number of anilines is 1. The van der Waals surface area contributed by atoms with E-state index in [2.05, 4.69) is 10.2 Å². The van der Waals surface area contributed by atoms with Crippen molar-refractivity contribution in [3.63, 3.8) is 0 Å². The van der Waals surface area contributed by atoms with Crippen LogP contribution in [0.1, 0.15) is 27.2 Å². The van der Waals surface area contributed by atoms with Crippen molar-refractivity contribution in [3.8, 4) is 5.75 Å². The first-order valence-corrected chi connectivity index (χ1v) is 7.22. The van der Waals surface area contributed by atoms with Crippen molar-refractivity contribution in [3.05, 3.63) is 24.3 Å². The molecule has 1 unspecified atom stereocenters. The summed E-state index contributed by atoms with van der Waals surface area (Å²) in [5, 5.41) is 3.26. The van der Waals surface area contributed by atoms with Crippen molar-refractivity contribution in [2.45, 2.75) is 38.8 Å². The van der Waals surface area contributed by atoms with Crippen molar-refractivity contribution in [1.29, 1.82) is 0 Å². The molecule has 0 fully saturated rings. The van der Waals surface area contributed by atoms with Gasteiger partial charge in [-0.15, -0.1) is 0 Å². The molecule has 0 aromatic heterocycles. The quantitative estimate of drug-likeness (QED) is 0.766. The Balaban J connectivity index is 2.78. The maximum absolute atomic E-state index is 11.7. The zero-order valence-corrected chi connectivity index (χ0v) is 13.6. The van der Waals surface area contributed by atoms with E-state index in [-0.39, 0.29) is 11.9 Å². The van der Waals surface area contributed by atoms with E-state index in [1.807, 2.05) is 52.1 Å². The largest absolute Gasteiger partial charge is 0.495 e. The number of methoxy groups -OCH3 is 1. The molecule has 118 valence electrons. The number of nitrogens with two attached hydrogens (primary N) is 1. The fourth-order valence-corrected chi connectivity index (χ4v) is 2.36. The van der Waals surface area contributed by atoms with Gasteiger partial charge in [0.05, 0.1) is 18.3 Å². The van der Waals surface area contributed by atoms with Gasteiger partial charge in [-0.05, 0) is 39.3 Å². The number of nitrogens with one attached hydrogen (secondary N) is 1. The third-order valence-corrected chi connectivity index (χ3v) is 3.59. The van der Waals surface area contributed by atoms with E-state index < -0.39 is 5.54 Å². The molecule has 3 N–H and O–H groups in total. The minimum absolute atomic E-state index is 0.194. The minimum Gasteiger partial charge on any atom is -0.495 e. The van der Waals surface area contributed by atoms with Gasteiger partial charge in [0, 0.05) is 19.6 Å². The number of ether oxygens (including phenoxy) is 1. The van der Waals surface area contributed by atoms with Crippen molar-refractivity contribution < 1.29 is 9.53 Å². The second-order valence-electron chi connectivity index (χ2n) is 5.84. The molecule has 0 bridgehead atoms. The molecular weight excluding hydrogens is 266 g/mol. The predicted molar refractivity (Wildman–Crippen MR) is 86.8 cm³/mol. The normalized spacial score (nSPS) is 13.8. The van der Waals surface area contributed by atoms with Crippen LogP contribution in [-0.2, 0) is 4.79 Å². The highest BCUT2D eigenvalue weighted by Crippen LogP contribution is 2.27. The molecule has 0 heterocycles. The van der Waals surface area contributed by atoms with Crippen LogP contribution in [0, 0.1) is 0 Å². The molecule has 0 radical (unpaired) electrons. The first kappa shape index (κ1) is 17.3. The summed E-state index contributed by atoms with van der Waals surface area (Å²) in [4.78, 5) is 13.8. The Morgan fingerprint density at radius 2 is 2.05 bits per heavy atom. The van der Waals surface area contributed by atoms with Crippen molar-refractivity contribution in [1.82, 2.24) is 5.32 Å². The number of carbonyl (C=O) groups excluding carboxylic acids is 1. The SMILES string of the molecule is COc1ccccc1N(C)CCC(C)(NC(C)C)C(N)=O. The Bertz CT molecular complexity index is 476. The third-order valence-electron chi connectivity index (χ3n) is 3.59. The summed E-state index contributed by atoms with van der Waals surface area (Å²) in [6.45, 7) is 6.56. The van der Waals surface area contributed by atoms with Gasteiger partial charge >= 0.3 is 0 Å². The summed E-state index contributed by atoms with van der Waals surface area (Å²) in [6.07, 6.45) is 0.620. The summed E-state index contributed by atoms with van der Waals surface area (Å²) in [5.41, 5.74) is 5.83. The smallest absolute Gasteiger partial charge is 0.237 e. The van der Waals surface area contributed by atoms with E-state index in [0.29, 0.717) is 13.0 Å². The molecule has 1 amide bonds. The van der Waals surface area contributed by atoms with E-state index in [0.717, 1.165) is 11.4 Å². The van der Waals surface area contributed by atoms with Gasteiger partial charge in [0.25, 0.3) is 0 Å². The lowest BCUT2D eigenvalue weighted by Gasteiger charge is -2.32. The number of hydrogen-bond donors (Lipinski definition) is 2. The number of para-hydroxylation sites is 2. The summed E-state index contributed by atoms with van der Waals surface area (Å²) in [7, 11) is 3.63. The van der Waals surface area contributed by atoms with Crippen LogP contribution in [0.5, 0.6) is 5.75 Å². The van der Waals surface area contributed by atoms with E-state index in [1.165, 1.54) is 0 Å². The number of carbonyl (C=O) groups is 1. The summed E-state index contributed by atoms with van der Waals surface area (Å²) in [6, 6.07) is 8.01. The topological polar surface area (TPSA) is 67.6 Å². The van der Waals surface area contributed by atoms with Crippen LogP contribution in [0.25, 0.3) is 0 Å². The highest BCUT2D eigenvalue weighted by atomic mass is 16.5. The first-order chi connectivity index (χ1) is 9.80. The zero-order chi connectivity index (χ0) is 16.0. The van der Waals surface area contributed by atoms with Crippen molar-refractivity contribution in [2.24, 2.45) is 5.73 Å². The fraction of sp³-hybridized carbons (Fsp3) is 0.562. The predicted octanol–water partition coefficient (Wildman–Crippen LogP) is 1.76. The molecule has 1 atom stereocenters. The molecule has 0 aliphatic carbocycles.